The van der Waals surface area contributed by atoms with Gasteiger partial charge >= 0.3 is 0 Å². The number of anilines is 1. The highest BCUT2D eigenvalue weighted by Gasteiger charge is 2.26. The summed E-state index contributed by atoms with van der Waals surface area (Å²) in [4.78, 5) is 0. The number of nitrogen functional groups attached to an aromatic ring is 1. The van der Waals surface area contributed by atoms with Crippen molar-refractivity contribution >= 4 is 5.82 Å². The number of benzene rings is 1. The molecule has 0 unspecified atom stereocenters. The summed E-state index contributed by atoms with van der Waals surface area (Å²) >= 11 is 0. The molecule has 0 atom stereocenters. The third-order valence-electron chi connectivity index (χ3n) is 3.85. The smallest absolute Gasteiger partial charge is 0.123 e. The minimum Gasteiger partial charge on any atom is -0.384 e. The van der Waals surface area contributed by atoms with Crippen molar-refractivity contribution in [2.24, 2.45) is 11.8 Å². The number of rotatable bonds is 3. The third kappa shape index (κ3) is 2.48. The molecule has 1 aromatic carbocycles. The summed E-state index contributed by atoms with van der Waals surface area (Å²) in [5.74, 6) is 1.97. The van der Waals surface area contributed by atoms with E-state index in [-0.39, 0.29) is 5.82 Å². The highest BCUT2D eigenvalue weighted by molar-refractivity contribution is 5.62. The van der Waals surface area contributed by atoms with Gasteiger partial charge in [0.1, 0.15) is 11.6 Å². The molecule has 1 aliphatic carbocycles. The lowest BCUT2D eigenvalue weighted by molar-refractivity contribution is 0.183. The first-order valence-electron chi connectivity index (χ1n) is 6.71. The molecule has 0 saturated heterocycles. The lowest BCUT2D eigenvalue weighted by Crippen LogP contribution is -2.26. The van der Waals surface area contributed by atoms with Crippen LogP contribution in [-0.4, -0.2) is 9.78 Å². The Balaban J connectivity index is 1.78. The Morgan fingerprint density at radius 3 is 2.63 bits per heavy atom. The van der Waals surface area contributed by atoms with Crippen LogP contribution < -0.4 is 5.73 Å². The molecule has 0 spiro atoms. The molecule has 0 radical (unpaired) electrons. The Bertz CT molecular complexity index is 568. The van der Waals surface area contributed by atoms with E-state index < -0.39 is 0 Å². The predicted octanol–water partition coefficient (Wildman–Crippen LogP) is 3.32. The first-order valence-corrected chi connectivity index (χ1v) is 6.71. The first kappa shape index (κ1) is 12.2. The van der Waals surface area contributed by atoms with E-state index in [1.807, 2.05) is 10.7 Å². The van der Waals surface area contributed by atoms with Crippen LogP contribution in [0.1, 0.15) is 19.8 Å². The van der Waals surface area contributed by atoms with Gasteiger partial charge in [-0.25, -0.2) is 9.07 Å². The van der Waals surface area contributed by atoms with Gasteiger partial charge in [-0.05, 0) is 48.9 Å². The van der Waals surface area contributed by atoms with E-state index in [1.165, 1.54) is 25.0 Å². The van der Waals surface area contributed by atoms with Crippen molar-refractivity contribution in [3.63, 3.8) is 0 Å². The normalized spacial score (nSPS) is 22.2. The van der Waals surface area contributed by atoms with Crippen LogP contribution in [-0.2, 0) is 6.54 Å². The molecule has 0 amide bonds. The largest absolute Gasteiger partial charge is 0.384 e. The zero-order valence-corrected chi connectivity index (χ0v) is 11.0. The van der Waals surface area contributed by atoms with Crippen molar-refractivity contribution in [3.8, 4) is 11.3 Å². The van der Waals surface area contributed by atoms with Crippen LogP contribution in [0.15, 0.2) is 30.3 Å². The average Bonchev–Trinajstić information content (AvgIpc) is 2.70. The van der Waals surface area contributed by atoms with E-state index in [0.717, 1.165) is 23.7 Å². The van der Waals surface area contributed by atoms with Crippen molar-refractivity contribution in [2.45, 2.75) is 26.3 Å². The highest BCUT2D eigenvalue weighted by Crippen LogP contribution is 2.34. The fourth-order valence-electron chi connectivity index (χ4n) is 2.80. The average molecular weight is 259 g/mol. The molecule has 1 aliphatic rings. The van der Waals surface area contributed by atoms with Crippen LogP contribution in [0.2, 0.25) is 0 Å². The molecule has 1 fully saturated rings. The van der Waals surface area contributed by atoms with Gasteiger partial charge in [-0.2, -0.15) is 5.10 Å². The monoisotopic (exact) mass is 259 g/mol. The summed E-state index contributed by atoms with van der Waals surface area (Å²) in [5, 5.41) is 4.53. The lowest BCUT2D eigenvalue weighted by Gasteiger charge is -2.32. The SMILES string of the molecule is CC1CC(Cn2nc(-c3ccc(F)cc3)cc2N)C1. The molecule has 19 heavy (non-hydrogen) atoms. The number of hydrogen-bond acceptors (Lipinski definition) is 2. The molecule has 2 N–H and O–H groups in total. The maximum atomic E-state index is 12.9. The summed E-state index contributed by atoms with van der Waals surface area (Å²) in [5.41, 5.74) is 7.70. The summed E-state index contributed by atoms with van der Waals surface area (Å²) in [6.07, 6.45) is 2.51. The first-order chi connectivity index (χ1) is 9.11. The summed E-state index contributed by atoms with van der Waals surface area (Å²) in [7, 11) is 0. The Morgan fingerprint density at radius 2 is 2.00 bits per heavy atom. The van der Waals surface area contributed by atoms with E-state index in [1.54, 1.807) is 12.1 Å². The third-order valence-corrected chi connectivity index (χ3v) is 3.85. The Morgan fingerprint density at radius 1 is 1.32 bits per heavy atom. The van der Waals surface area contributed by atoms with Crippen LogP contribution in [0.25, 0.3) is 11.3 Å². The van der Waals surface area contributed by atoms with Gasteiger partial charge in [-0.1, -0.05) is 6.92 Å². The van der Waals surface area contributed by atoms with Crippen molar-refractivity contribution < 1.29 is 4.39 Å². The molecular formula is C15H18FN3. The van der Waals surface area contributed by atoms with E-state index in [9.17, 15) is 4.39 Å². The molecule has 0 aliphatic heterocycles. The van der Waals surface area contributed by atoms with Gasteiger partial charge < -0.3 is 5.73 Å². The second-order valence-electron chi connectivity index (χ2n) is 5.59. The van der Waals surface area contributed by atoms with Gasteiger partial charge in [-0.3, -0.25) is 0 Å². The van der Waals surface area contributed by atoms with Crippen molar-refractivity contribution in [1.29, 1.82) is 0 Å². The molecule has 3 nitrogen and oxygen atoms in total. The lowest BCUT2D eigenvalue weighted by atomic mass is 9.76. The van der Waals surface area contributed by atoms with Gasteiger partial charge in [0.15, 0.2) is 0 Å². The maximum Gasteiger partial charge on any atom is 0.123 e. The van der Waals surface area contributed by atoms with Crippen LogP contribution in [0.4, 0.5) is 10.2 Å². The van der Waals surface area contributed by atoms with Crippen molar-refractivity contribution in [2.75, 3.05) is 5.73 Å². The fourth-order valence-corrected chi connectivity index (χ4v) is 2.80. The number of hydrogen-bond donors (Lipinski definition) is 1. The van der Waals surface area contributed by atoms with E-state index in [0.29, 0.717) is 11.7 Å². The van der Waals surface area contributed by atoms with Crippen LogP contribution in [0.5, 0.6) is 0 Å². The van der Waals surface area contributed by atoms with Gasteiger partial charge in [0, 0.05) is 18.2 Å². The number of nitrogens with two attached hydrogens (primary N) is 1. The predicted molar refractivity (Wildman–Crippen MR) is 73.9 cm³/mol. The maximum absolute atomic E-state index is 12.9. The highest BCUT2D eigenvalue weighted by atomic mass is 19.1. The van der Waals surface area contributed by atoms with E-state index >= 15 is 0 Å². The Hall–Kier alpha value is -1.84. The summed E-state index contributed by atoms with van der Waals surface area (Å²) < 4.78 is 14.8. The minimum absolute atomic E-state index is 0.236. The van der Waals surface area contributed by atoms with E-state index in [4.69, 9.17) is 5.73 Å². The zero-order valence-electron chi connectivity index (χ0n) is 11.0. The standard InChI is InChI=1S/C15H18FN3/c1-10-6-11(7-10)9-19-15(17)8-14(18-19)12-2-4-13(16)5-3-12/h2-5,8,10-11H,6-7,9,17H2,1H3. The molecule has 0 bridgehead atoms. The van der Waals surface area contributed by atoms with Gasteiger partial charge in [0.2, 0.25) is 0 Å². The van der Waals surface area contributed by atoms with Crippen molar-refractivity contribution in [1.82, 2.24) is 9.78 Å². The summed E-state index contributed by atoms with van der Waals surface area (Å²) in [6, 6.07) is 8.20. The second kappa shape index (κ2) is 4.68. The molecule has 100 valence electrons. The molecule has 4 heteroatoms. The number of nitrogens with zero attached hydrogens (tertiary/aromatic N) is 2. The van der Waals surface area contributed by atoms with Gasteiger partial charge in [0.05, 0.1) is 5.69 Å². The van der Waals surface area contributed by atoms with Crippen LogP contribution >= 0.6 is 0 Å². The molecule has 1 heterocycles. The second-order valence-corrected chi connectivity index (χ2v) is 5.59. The topological polar surface area (TPSA) is 43.8 Å². The molecule has 3 rings (SSSR count). The van der Waals surface area contributed by atoms with Crippen LogP contribution in [0.3, 0.4) is 0 Å². The minimum atomic E-state index is -0.236. The number of aromatic nitrogens is 2. The van der Waals surface area contributed by atoms with Gasteiger partial charge in [-0.15, -0.1) is 0 Å². The fraction of sp³-hybridized carbons (Fsp3) is 0.400. The molecular weight excluding hydrogens is 241 g/mol. The zero-order chi connectivity index (χ0) is 13.4. The quantitative estimate of drug-likeness (QED) is 0.919. The van der Waals surface area contributed by atoms with Crippen molar-refractivity contribution in [3.05, 3.63) is 36.1 Å². The van der Waals surface area contributed by atoms with Gasteiger partial charge in [0.25, 0.3) is 0 Å². The van der Waals surface area contributed by atoms with Crippen LogP contribution in [0, 0.1) is 17.7 Å². The summed E-state index contributed by atoms with van der Waals surface area (Å²) in [6.45, 7) is 3.16. The number of halogens is 1. The molecule has 1 saturated carbocycles. The Labute approximate surface area is 112 Å². The Kier molecular flexibility index (Phi) is 3.01. The van der Waals surface area contributed by atoms with E-state index in [2.05, 4.69) is 12.0 Å². The molecule has 2 aromatic rings. The molecule has 1 aromatic heterocycles.